The molecule has 0 saturated carbocycles. The molecule has 1 amide bonds. The zero-order valence-corrected chi connectivity index (χ0v) is 9.46. The number of carboxylic acid groups (broad SMARTS) is 1. The van der Waals surface area contributed by atoms with Crippen LogP contribution < -0.4 is 10.2 Å². The van der Waals surface area contributed by atoms with E-state index in [9.17, 15) is 9.59 Å². The van der Waals surface area contributed by atoms with E-state index >= 15 is 0 Å². The highest BCUT2D eigenvalue weighted by Gasteiger charge is 2.38. The Hall–Kier alpha value is -2.04. The summed E-state index contributed by atoms with van der Waals surface area (Å²) >= 11 is 0. The number of hydrogen-bond acceptors (Lipinski definition) is 3. The minimum absolute atomic E-state index is 0.233. The van der Waals surface area contributed by atoms with Crippen molar-refractivity contribution in [3.63, 3.8) is 0 Å². The maximum Gasteiger partial charge on any atom is 0.326 e. The lowest BCUT2D eigenvalue weighted by atomic mass is 10.1. The van der Waals surface area contributed by atoms with E-state index in [2.05, 4.69) is 5.32 Å². The van der Waals surface area contributed by atoms with Crippen LogP contribution in [0.2, 0.25) is 0 Å². The number of hydrogen-bond donors (Lipinski definition) is 2. The number of benzene rings is 1. The molecule has 0 radical (unpaired) electrons. The largest absolute Gasteiger partial charge is 0.480 e. The zero-order valence-electron chi connectivity index (χ0n) is 9.46. The van der Waals surface area contributed by atoms with Gasteiger partial charge in [-0.2, -0.15) is 0 Å². The first-order valence-corrected chi connectivity index (χ1v) is 5.40. The average molecular weight is 234 g/mol. The molecule has 0 aliphatic carbocycles. The van der Waals surface area contributed by atoms with E-state index in [1.807, 2.05) is 30.3 Å². The quantitative estimate of drug-likeness (QED) is 0.797. The summed E-state index contributed by atoms with van der Waals surface area (Å²) in [7, 11) is 1.80. The minimum atomic E-state index is -0.984. The van der Waals surface area contributed by atoms with E-state index < -0.39 is 18.1 Å². The monoisotopic (exact) mass is 234 g/mol. The topological polar surface area (TPSA) is 69.6 Å². The van der Waals surface area contributed by atoms with Gasteiger partial charge in [-0.3, -0.25) is 4.79 Å². The Morgan fingerprint density at radius 1 is 1.41 bits per heavy atom. The summed E-state index contributed by atoms with van der Waals surface area (Å²) in [5, 5.41) is 11.3. The predicted octanol–water partition coefficient (Wildman–Crippen LogP) is 0.464. The van der Waals surface area contributed by atoms with Crippen molar-refractivity contribution in [1.29, 1.82) is 0 Å². The molecular formula is C12H14N2O3. The predicted molar refractivity (Wildman–Crippen MR) is 62.8 cm³/mol. The van der Waals surface area contributed by atoms with Crippen molar-refractivity contribution in [2.75, 3.05) is 11.9 Å². The number of aliphatic carboxylic acids is 1. The van der Waals surface area contributed by atoms with E-state index in [-0.39, 0.29) is 5.91 Å². The van der Waals surface area contributed by atoms with Gasteiger partial charge in [-0.1, -0.05) is 18.2 Å². The minimum Gasteiger partial charge on any atom is -0.480 e. The van der Waals surface area contributed by atoms with Crippen LogP contribution in [0.4, 0.5) is 5.69 Å². The zero-order chi connectivity index (χ0) is 12.4. The maximum absolute atomic E-state index is 11.7. The standard InChI is InChI=1S/C12H14N2O3/c1-14(8-5-3-2-4-6-8)10-7-9(12(16)17)13-11(10)15/h2-6,9-10H,7H2,1H3,(H,13,15)(H,16,17)/t9-,10-/m0/s1. The van der Waals surface area contributed by atoms with Crippen molar-refractivity contribution in [3.05, 3.63) is 30.3 Å². The van der Waals surface area contributed by atoms with Gasteiger partial charge in [-0.05, 0) is 12.1 Å². The fourth-order valence-electron chi connectivity index (χ4n) is 2.00. The van der Waals surface area contributed by atoms with Crippen LogP contribution in [0.3, 0.4) is 0 Å². The van der Waals surface area contributed by atoms with E-state index in [4.69, 9.17) is 5.11 Å². The summed E-state index contributed by atoms with van der Waals surface area (Å²) in [5.74, 6) is -1.22. The molecule has 17 heavy (non-hydrogen) atoms. The fraction of sp³-hybridized carbons (Fsp3) is 0.333. The number of carbonyl (C=O) groups excluding carboxylic acids is 1. The highest BCUT2D eigenvalue weighted by molar-refractivity contribution is 5.93. The Morgan fingerprint density at radius 3 is 2.59 bits per heavy atom. The maximum atomic E-state index is 11.7. The van der Waals surface area contributed by atoms with Crippen molar-refractivity contribution in [1.82, 2.24) is 5.32 Å². The van der Waals surface area contributed by atoms with Gasteiger partial charge in [0.2, 0.25) is 5.91 Å². The third-order valence-corrected chi connectivity index (χ3v) is 3.01. The van der Waals surface area contributed by atoms with Gasteiger partial charge in [0.1, 0.15) is 12.1 Å². The van der Waals surface area contributed by atoms with Gasteiger partial charge in [-0.15, -0.1) is 0 Å². The second kappa shape index (κ2) is 4.45. The number of likely N-dealkylation sites (N-methyl/N-ethyl adjacent to an activating group) is 1. The van der Waals surface area contributed by atoms with E-state index in [0.29, 0.717) is 6.42 Å². The molecule has 1 aromatic rings. The second-order valence-corrected chi connectivity index (χ2v) is 4.10. The number of rotatable bonds is 3. The Bertz CT molecular complexity index is 433. The summed E-state index contributed by atoms with van der Waals surface area (Å²) in [6.07, 6.45) is 0.291. The Balaban J connectivity index is 2.14. The summed E-state index contributed by atoms with van der Waals surface area (Å²) in [5.41, 5.74) is 0.902. The molecule has 1 heterocycles. The molecule has 1 aromatic carbocycles. The van der Waals surface area contributed by atoms with Gasteiger partial charge >= 0.3 is 5.97 Å². The van der Waals surface area contributed by atoms with Gasteiger partial charge in [-0.25, -0.2) is 4.79 Å². The van der Waals surface area contributed by atoms with Gasteiger partial charge < -0.3 is 15.3 Å². The first-order chi connectivity index (χ1) is 8.09. The molecule has 90 valence electrons. The van der Waals surface area contributed by atoms with Crippen LogP contribution in [0.25, 0.3) is 0 Å². The lowest BCUT2D eigenvalue weighted by Crippen LogP contribution is -2.38. The summed E-state index contributed by atoms with van der Waals surface area (Å²) in [6, 6.07) is 8.24. The van der Waals surface area contributed by atoms with Crippen LogP contribution in [0, 0.1) is 0 Å². The van der Waals surface area contributed by atoms with Gasteiger partial charge in [0.25, 0.3) is 0 Å². The Labute approximate surface area is 99.0 Å². The first kappa shape index (κ1) is 11.4. The molecule has 0 spiro atoms. The molecule has 2 atom stereocenters. The number of para-hydroxylation sites is 1. The van der Waals surface area contributed by atoms with Crippen LogP contribution in [-0.4, -0.2) is 36.1 Å². The van der Waals surface area contributed by atoms with Crippen LogP contribution >= 0.6 is 0 Å². The van der Waals surface area contributed by atoms with Crippen molar-refractivity contribution in [2.45, 2.75) is 18.5 Å². The molecule has 1 saturated heterocycles. The average Bonchev–Trinajstić information content (AvgIpc) is 2.72. The normalized spacial score (nSPS) is 23.2. The van der Waals surface area contributed by atoms with Gasteiger partial charge in [0.05, 0.1) is 0 Å². The fourth-order valence-corrected chi connectivity index (χ4v) is 2.00. The van der Waals surface area contributed by atoms with E-state index in [1.165, 1.54) is 0 Å². The molecule has 0 aromatic heterocycles. The van der Waals surface area contributed by atoms with Crippen molar-refractivity contribution >= 4 is 17.6 Å². The number of nitrogens with zero attached hydrogens (tertiary/aromatic N) is 1. The van der Waals surface area contributed by atoms with Crippen LogP contribution in [0.5, 0.6) is 0 Å². The molecule has 1 aliphatic heterocycles. The molecule has 5 heteroatoms. The molecule has 2 rings (SSSR count). The molecule has 5 nitrogen and oxygen atoms in total. The van der Waals surface area contributed by atoms with Crippen molar-refractivity contribution in [2.24, 2.45) is 0 Å². The van der Waals surface area contributed by atoms with Crippen LogP contribution in [0.15, 0.2) is 30.3 Å². The van der Waals surface area contributed by atoms with Gasteiger partial charge in [0, 0.05) is 19.2 Å². The third kappa shape index (κ3) is 2.22. The van der Waals surface area contributed by atoms with Crippen molar-refractivity contribution in [3.8, 4) is 0 Å². The molecule has 1 aliphatic rings. The number of carbonyl (C=O) groups is 2. The molecule has 0 unspecified atom stereocenters. The first-order valence-electron chi connectivity index (χ1n) is 5.40. The summed E-state index contributed by atoms with van der Waals surface area (Å²) < 4.78 is 0. The molecule has 2 N–H and O–H groups in total. The Kier molecular flexibility index (Phi) is 2.99. The highest BCUT2D eigenvalue weighted by atomic mass is 16.4. The number of carboxylic acids is 1. The number of nitrogens with one attached hydrogen (secondary N) is 1. The Morgan fingerprint density at radius 2 is 2.06 bits per heavy atom. The molecule has 1 fully saturated rings. The highest BCUT2D eigenvalue weighted by Crippen LogP contribution is 2.20. The SMILES string of the molecule is CN(c1ccccc1)[C@H]1C[C@@H](C(=O)O)NC1=O. The number of anilines is 1. The number of amides is 1. The van der Waals surface area contributed by atoms with Gasteiger partial charge in [0.15, 0.2) is 0 Å². The lowest BCUT2D eigenvalue weighted by Gasteiger charge is -2.24. The summed E-state index contributed by atoms with van der Waals surface area (Å²) in [4.78, 5) is 24.3. The smallest absolute Gasteiger partial charge is 0.326 e. The lowest BCUT2D eigenvalue weighted by molar-refractivity contribution is -0.140. The summed E-state index contributed by atoms with van der Waals surface area (Å²) in [6.45, 7) is 0. The second-order valence-electron chi connectivity index (χ2n) is 4.10. The van der Waals surface area contributed by atoms with Crippen molar-refractivity contribution < 1.29 is 14.7 Å². The van der Waals surface area contributed by atoms with Crippen LogP contribution in [0.1, 0.15) is 6.42 Å². The van der Waals surface area contributed by atoms with E-state index in [1.54, 1.807) is 11.9 Å². The molecular weight excluding hydrogens is 220 g/mol. The van der Waals surface area contributed by atoms with Crippen LogP contribution in [-0.2, 0) is 9.59 Å². The molecule has 0 bridgehead atoms. The van der Waals surface area contributed by atoms with E-state index in [0.717, 1.165) is 5.69 Å². The third-order valence-electron chi connectivity index (χ3n) is 3.01.